The molecule has 160 valence electrons. The maximum Gasteiger partial charge on any atom is 0.246 e. The van der Waals surface area contributed by atoms with Crippen LogP contribution in [0.15, 0.2) is 36.4 Å². The molecule has 2 aromatic carbocycles. The van der Waals surface area contributed by atoms with E-state index in [9.17, 15) is 4.79 Å². The van der Waals surface area contributed by atoms with E-state index in [1.165, 1.54) is 16.8 Å². The van der Waals surface area contributed by atoms with Gasteiger partial charge in [-0.1, -0.05) is 12.1 Å². The zero-order valence-electron chi connectivity index (χ0n) is 18.4. The van der Waals surface area contributed by atoms with Gasteiger partial charge in [0.15, 0.2) is 11.5 Å². The first-order chi connectivity index (χ1) is 14.5. The number of methoxy groups -OCH3 is 3. The average Bonchev–Trinajstić information content (AvgIpc) is 2.78. The van der Waals surface area contributed by atoms with E-state index in [0.29, 0.717) is 30.3 Å². The average molecular weight is 411 g/mol. The zero-order chi connectivity index (χ0) is 21.7. The quantitative estimate of drug-likeness (QED) is 0.680. The lowest BCUT2D eigenvalue weighted by Gasteiger charge is -2.36. The van der Waals surface area contributed by atoms with Crippen molar-refractivity contribution in [2.24, 2.45) is 0 Å². The molecule has 1 aliphatic heterocycles. The normalized spacial score (nSPS) is 14.2. The lowest BCUT2D eigenvalue weighted by molar-refractivity contribution is -0.126. The molecule has 0 radical (unpaired) electrons. The number of carbonyl (C=O) groups is 1. The molecule has 0 aliphatic carbocycles. The monoisotopic (exact) mass is 410 g/mol. The Balaban J connectivity index is 1.68. The summed E-state index contributed by atoms with van der Waals surface area (Å²) in [7, 11) is 4.71. The molecule has 0 spiro atoms. The van der Waals surface area contributed by atoms with Crippen LogP contribution in [0.1, 0.15) is 16.7 Å². The van der Waals surface area contributed by atoms with E-state index in [0.717, 1.165) is 18.7 Å². The number of aryl methyl sites for hydroxylation is 1. The minimum Gasteiger partial charge on any atom is -0.493 e. The van der Waals surface area contributed by atoms with Crippen molar-refractivity contribution in [2.75, 3.05) is 52.4 Å². The maximum atomic E-state index is 12.7. The summed E-state index contributed by atoms with van der Waals surface area (Å²) in [6.07, 6.45) is 3.36. The molecule has 1 amide bonds. The van der Waals surface area contributed by atoms with Crippen LogP contribution in [0, 0.1) is 13.8 Å². The van der Waals surface area contributed by atoms with Crippen molar-refractivity contribution in [3.05, 3.63) is 53.1 Å². The van der Waals surface area contributed by atoms with Crippen LogP contribution in [0.3, 0.4) is 0 Å². The Morgan fingerprint density at radius 1 is 0.900 bits per heavy atom. The van der Waals surface area contributed by atoms with Gasteiger partial charge in [-0.15, -0.1) is 0 Å². The van der Waals surface area contributed by atoms with Crippen LogP contribution in [-0.4, -0.2) is 58.3 Å². The highest BCUT2D eigenvalue weighted by Gasteiger charge is 2.21. The van der Waals surface area contributed by atoms with Gasteiger partial charge < -0.3 is 24.0 Å². The van der Waals surface area contributed by atoms with Crippen molar-refractivity contribution in [3.8, 4) is 17.2 Å². The first-order valence-electron chi connectivity index (χ1n) is 10.1. The molecule has 0 saturated carbocycles. The van der Waals surface area contributed by atoms with Crippen molar-refractivity contribution in [2.45, 2.75) is 13.8 Å². The predicted octanol–water partition coefficient (Wildman–Crippen LogP) is 3.69. The predicted molar refractivity (Wildman–Crippen MR) is 120 cm³/mol. The third kappa shape index (κ3) is 4.37. The van der Waals surface area contributed by atoms with Crippen LogP contribution in [0.4, 0.5) is 5.69 Å². The summed E-state index contributed by atoms with van der Waals surface area (Å²) in [6, 6.07) is 10.0. The van der Waals surface area contributed by atoms with Gasteiger partial charge in [0, 0.05) is 43.5 Å². The van der Waals surface area contributed by atoms with Crippen LogP contribution in [0.25, 0.3) is 6.08 Å². The molecule has 1 heterocycles. The molecule has 0 bridgehead atoms. The van der Waals surface area contributed by atoms with Crippen molar-refractivity contribution in [1.29, 1.82) is 0 Å². The molecule has 3 rings (SSSR count). The number of rotatable bonds is 6. The molecule has 1 aliphatic rings. The second kappa shape index (κ2) is 9.57. The summed E-state index contributed by atoms with van der Waals surface area (Å²) >= 11 is 0. The third-order valence-electron chi connectivity index (χ3n) is 5.65. The van der Waals surface area contributed by atoms with Crippen LogP contribution >= 0.6 is 0 Å². The molecule has 0 N–H and O–H groups in total. The van der Waals surface area contributed by atoms with Crippen LogP contribution in [-0.2, 0) is 4.79 Å². The molecule has 1 saturated heterocycles. The van der Waals surface area contributed by atoms with Gasteiger partial charge in [-0.3, -0.25) is 4.79 Å². The Bertz CT molecular complexity index is 931. The van der Waals surface area contributed by atoms with Crippen molar-refractivity contribution < 1.29 is 19.0 Å². The molecule has 30 heavy (non-hydrogen) atoms. The maximum absolute atomic E-state index is 12.7. The number of piperazine rings is 1. The molecule has 6 nitrogen and oxygen atoms in total. The van der Waals surface area contributed by atoms with Gasteiger partial charge in [0.1, 0.15) is 0 Å². The lowest BCUT2D eigenvalue weighted by atomic mass is 10.1. The molecule has 2 aromatic rings. The molecular formula is C24H30N2O4. The molecule has 0 unspecified atom stereocenters. The lowest BCUT2D eigenvalue weighted by Crippen LogP contribution is -2.48. The number of ether oxygens (including phenoxy) is 3. The molecule has 0 aromatic heterocycles. The topological polar surface area (TPSA) is 51.2 Å². The van der Waals surface area contributed by atoms with E-state index < -0.39 is 0 Å². The highest BCUT2D eigenvalue weighted by atomic mass is 16.5. The summed E-state index contributed by atoms with van der Waals surface area (Å²) in [5.74, 6) is 1.63. The van der Waals surface area contributed by atoms with Gasteiger partial charge >= 0.3 is 0 Å². The Kier molecular flexibility index (Phi) is 6.87. The van der Waals surface area contributed by atoms with Crippen LogP contribution in [0.2, 0.25) is 0 Å². The Hall–Kier alpha value is -3.15. The number of hydrogen-bond donors (Lipinski definition) is 0. The number of hydrogen-bond acceptors (Lipinski definition) is 5. The number of amides is 1. The minimum atomic E-state index is -0.00699. The van der Waals surface area contributed by atoms with Gasteiger partial charge in [0.05, 0.1) is 21.3 Å². The molecule has 1 fully saturated rings. The highest BCUT2D eigenvalue weighted by molar-refractivity contribution is 5.92. The van der Waals surface area contributed by atoms with E-state index in [-0.39, 0.29) is 5.91 Å². The molecular weight excluding hydrogens is 380 g/mol. The number of anilines is 1. The first-order valence-corrected chi connectivity index (χ1v) is 10.1. The summed E-state index contributed by atoms with van der Waals surface area (Å²) in [5.41, 5.74) is 4.61. The van der Waals surface area contributed by atoms with E-state index in [2.05, 4.69) is 36.9 Å². The van der Waals surface area contributed by atoms with Gasteiger partial charge in [-0.05, 0) is 49.2 Å². The van der Waals surface area contributed by atoms with E-state index in [1.54, 1.807) is 39.5 Å². The molecule has 6 heteroatoms. The minimum absolute atomic E-state index is 0.00699. The molecule has 0 atom stereocenters. The first kappa shape index (κ1) is 21.6. The summed E-state index contributed by atoms with van der Waals surface area (Å²) in [4.78, 5) is 17.0. The number of carbonyl (C=O) groups excluding carboxylic acids is 1. The SMILES string of the molecule is COc1ccc(/C=C/C(=O)N2CCN(c3cccc(C)c3C)CC2)c(OC)c1OC. The number of nitrogens with zero attached hydrogens (tertiary/aromatic N) is 2. The Morgan fingerprint density at radius 2 is 1.60 bits per heavy atom. The fourth-order valence-electron chi connectivity index (χ4n) is 3.77. The van der Waals surface area contributed by atoms with Gasteiger partial charge in [-0.2, -0.15) is 0 Å². The third-order valence-corrected chi connectivity index (χ3v) is 5.65. The van der Waals surface area contributed by atoms with Crippen molar-refractivity contribution in [3.63, 3.8) is 0 Å². The van der Waals surface area contributed by atoms with Gasteiger partial charge in [0.2, 0.25) is 11.7 Å². The van der Waals surface area contributed by atoms with Crippen molar-refractivity contribution in [1.82, 2.24) is 4.90 Å². The van der Waals surface area contributed by atoms with Crippen LogP contribution < -0.4 is 19.1 Å². The fraction of sp³-hybridized carbons (Fsp3) is 0.375. The highest BCUT2D eigenvalue weighted by Crippen LogP contribution is 2.40. The van der Waals surface area contributed by atoms with E-state index in [4.69, 9.17) is 14.2 Å². The zero-order valence-corrected chi connectivity index (χ0v) is 18.4. The van der Waals surface area contributed by atoms with Crippen molar-refractivity contribution >= 4 is 17.7 Å². The smallest absolute Gasteiger partial charge is 0.246 e. The standard InChI is InChI=1S/C24H30N2O4/c1-17-7-6-8-20(18(17)2)25-13-15-26(16-14-25)22(27)12-10-19-9-11-21(28-3)24(30-5)23(19)29-4/h6-12H,13-16H2,1-5H3/b12-10+. The van der Waals surface area contributed by atoms with E-state index in [1.807, 2.05) is 11.0 Å². The van der Waals surface area contributed by atoms with Gasteiger partial charge in [-0.25, -0.2) is 0 Å². The summed E-state index contributed by atoms with van der Waals surface area (Å²) in [5, 5.41) is 0. The Morgan fingerprint density at radius 3 is 2.23 bits per heavy atom. The second-order valence-electron chi connectivity index (χ2n) is 7.29. The Labute approximate surface area is 178 Å². The second-order valence-corrected chi connectivity index (χ2v) is 7.29. The number of benzene rings is 2. The summed E-state index contributed by atoms with van der Waals surface area (Å²) < 4.78 is 16.2. The largest absolute Gasteiger partial charge is 0.493 e. The summed E-state index contributed by atoms with van der Waals surface area (Å²) in [6.45, 7) is 7.32. The fourth-order valence-corrected chi connectivity index (χ4v) is 3.77. The van der Waals surface area contributed by atoms with Crippen LogP contribution in [0.5, 0.6) is 17.2 Å². The van der Waals surface area contributed by atoms with Gasteiger partial charge in [0.25, 0.3) is 0 Å². The van der Waals surface area contributed by atoms with E-state index >= 15 is 0 Å².